The van der Waals surface area contributed by atoms with E-state index in [1.807, 2.05) is 0 Å². The Labute approximate surface area is 204 Å². The number of carbonyl (C=O) groups is 2. The molecule has 2 atom stereocenters. The van der Waals surface area contributed by atoms with Crippen LogP contribution in [0, 0.1) is 0 Å². The van der Waals surface area contributed by atoms with Gasteiger partial charge in [-0.05, 0) is 50.9 Å². The highest BCUT2D eigenvalue weighted by Crippen LogP contribution is 2.18. The first kappa shape index (κ1) is 29.9. The Bertz CT molecular complexity index is 826. The third kappa shape index (κ3) is 14.7. The third-order valence-electron chi connectivity index (χ3n) is 3.94. The van der Waals surface area contributed by atoms with Crippen LogP contribution in [0.15, 0.2) is 29.4 Å². The minimum Gasteiger partial charge on any atom is -0.491 e. The van der Waals surface area contributed by atoms with E-state index in [1.165, 1.54) is 0 Å². The Morgan fingerprint density at radius 2 is 2.00 bits per heavy atom. The van der Waals surface area contributed by atoms with E-state index in [4.69, 9.17) is 29.2 Å². The molecule has 0 bridgehead atoms. The van der Waals surface area contributed by atoms with Crippen LogP contribution in [0.1, 0.15) is 39.5 Å². The Morgan fingerprint density at radius 1 is 1.23 bits per heavy atom. The third-order valence-corrected chi connectivity index (χ3v) is 3.94. The molecule has 0 aromatic heterocycles. The summed E-state index contributed by atoms with van der Waals surface area (Å²) in [7, 11) is 0. The number of azide groups is 1. The lowest BCUT2D eigenvalue weighted by molar-refractivity contribution is -0.149. The maximum absolute atomic E-state index is 11.6. The average Bonchev–Trinajstić information content (AvgIpc) is 2.79. The molecule has 0 aliphatic carbocycles. The van der Waals surface area contributed by atoms with Gasteiger partial charge in [0.15, 0.2) is 6.23 Å². The molecule has 3 N–H and O–H groups in total. The molecule has 196 valence electrons. The van der Waals surface area contributed by atoms with Gasteiger partial charge in [0.1, 0.15) is 30.8 Å². The second-order valence-corrected chi connectivity index (χ2v) is 8.06. The number of aliphatic hydroxyl groups excluding tert-OH is 1. The smallest absolute Gasteiger partial charge is 0.407 e. The molecule has 35 heavy (non-hydrogen) atoms. The van der Waals surface area contributed by atoms with E-state index in [2.05, 4.69) is 20.7 Å². The standard InChI is InChI=1S/C22H35N5O8/c1-5-32-19(28)15-31-11-12-33-18(26-27-23)14-34-17-8-6-7-16(13-17)20(29)24-9-10-25-21(30)35-22(2,3)4/h6-8,13,18,20,24,29H,5,9-12,14-15H2,1-4H3,(H,25,30). The predicted molar refractivity (Wildman–Crippen MR) is 125 cm³/mol. The van der Waals surface area contributed by atoms with Crippen molar-refractivity contribution in [3.05, 3.63) is 40.3 Å². The number of nitrogens with one attached hydrogen (secondary N) is 2. The molecule has 0 saturated heterocycles. The number of hydrogen-bond donors (Lipinski definition) is 3. The van der Waals surface area contributed by atoms with Crippen LogP contribution in [0.4, 0.5) is 4.79 Å². The van der Waals surface area contributed by atoms with Crippen LogP contribution in [-0.4, -0.2) is 75.1 Å². The molecule has 1 rings (SSSR count). The fraction of sp³-hybridized carbons (Fsp3) is 0.636. The zero-order valence-corrected chi connectivity index (χ0v) is 20.6. The molecule has 1 amide bonds. The van der Waals surface area contributed by atoms with Gasteiger partial charge in [-0.1, -0.05) is 17.2 Å². The zero-order chi connectivity index (χ0) is 26.1. The monoisotopic (exact) mass is 497 g/mol. The van der Waals surface area contributed by atoms with Crippen LogP contribution in [0.2, 0.25) is 0 Å². The van der Waals surface area contributed by atoms with Crippen LogP contribution >= 0.6 is 0 Å². The molecule has 0 fully saturated rings. The Kier molecular flexibility index (Phi) is 14.1. The first-order chi connectivity index (χ1) is 16.6. The SMILES string of the molecule is CCOC(=O)COCCOC(COc1cccc(C(O)NCCNC(=O)OC(C)(C)C)c1)N=[N+]=[N-]. The summed E-state index contributed by atoms with van der Waals surface area (Å²) in [6.45, 7) is 7.76. The number of benzene rings is 1. The van der Waals surface area contributed by atoms with Crippen molar-refractivity contribution in [3.8, 4) is 5.75 Å². The Hall–Kier alpha value is -3.09. The van der Waals surface area contributed by atoms with Crippen LogP contribution in [0.25, 0.3) is 10.4 Å². The lowest BCUT2D eigenvalue weighted by Gasteiger charge is -2.20. The van der Waals surface area contributed by atoms with Gasteiger partial charge in [0.05, 0.1) is 19.8 Å². The highest BCUT2D eigenvalue weighted by atomic mass is 16.6. The van der Waals surface area contributed by atoms with Crippen molar-refractivity contribution >= 4 is 12.1 Å². The quantitative estimate of drug-likeness (QED) is 0.0773. The molecule has 0 spiro atoms. The maximum atomic E-state index is 11.6. The molecular formula is C22H35N5O8. The van der Waals surface area contributed by atoms with Crippen LogP contribution < -0.4 is 15.4 Å². The molecule has 0 heterocycles. The van der Waals surface area contributed by atoms with Crippen LogP contribution in [0.3, 0.4) is 0 Å². The number of hydrogen-bond acceptors (Lipinski definition) is 10. The number of nitrogens with zero attached hydrogens (tertiary/aromatic N) is 3. The van der Waals surface area contributed by atoms with Crippen molar-refractivity contribution in [1.82, 2.24) is 10.6 Å². The van der Waals surface area contributed by atoms with Crippen LogP contribution in [-0.2, 0) is 23.7 Å². The normalized spacial score (nSPS) is 12.7. The van der Waals surface area contributed by atoms with E-state index in [0.29, 0.717) is 17.9 Å². The molecule has 2 unspecified atom stereocenters. The fourth-order valence-electron chi connectivity index (χ4n) is 2.52. The van der Waals surface area contributed by atoms with Crippen molar-refractivity contribution in [1.29, 1.82) is 0 Å². The first-order valence-electron chi connectivity index (χ1n) is 11.1. The van der Waals surface area contributed by atoms with E-state index in [9.17, 15) is 14.7 Å². The summed E-state index contributed by atoms with van der Waals surface area (Å²) in [5, 5.41) is 19.3. The van der Waals surface area contributed by atoms with Gasteiger partial charge in [-0.15, -0.1) is 0 Å². The molecule has 0 aliphatic heterocycles. The van der Waals surface area contributed by atoms with Crippen molar-refractivity contribution in [2.75, 3.05) is 46.1 Å². The van der Waals surface area contributed by atoms with Gasteiger partial charge in [-0.2, -0.15) is 0 Å². The van der Waals surface area contributed by atoms with Gasteiger partial charge in [0.25, 0.3) is 0 Å². The number of amides is 1. The summed E-state index contributed by atoms with van der Waals surface area (Å²) in [6.07, 6.45) is -2.46. The van der Waals surface area contributed by atoms with Crippen molar-refractivity contribution < 1.29 is 38.4 Å². The largest absolute Gasteiger partial charge is 0.491 e. The minimum absolute atomic E-state index is 0.0747. The van der Waals surface area contributed by atoms with E-state index in [0.717, 1.165) is 0 Å². The van der Waals surface area contributed by atoms with Crippen molar-refractivity contribution in [3.63, 3.8) is 0 Å². The molecule has 0 radical (unpaired) electrons. The number of carbonyl (C=O) groups excluding carboxylic acids is 2. The topological polar surface area (TPSA) is 173 Å². The first-order valence-corrected chi connectivity index (χ1v) is 11.1. The maximum Gasteiger partial charge on any atom is 0.407 e. The average molecular weight is 498 g/mol. The fourth-order valence-corrected chi connectivity index (χ4v) is 2.52. The highest BCUT2D eigenvalue weighted by Gasteiger charge is 2.16. The van der Waals surface area contributed by atoms with E-state index in [-0.39, 0.29) is 39.6 Å². The number of aliphatic hydroxyl groups is 1. The molecular weight excluding hydrogens is 462 g/mol. The van der Waals surface area contributed by atoms with Crippen molar-refractivity contribution in [2.45, 2.75) is 45.8 Å². The lowest BCUT2D eigenvalue weighted by Crippen LogP contribution is -2.37. The summed E-state index contributed by atoms with van der Waals surface area (Å²) in [5.41, 5.74) is 8.68. The molecule has 0 saturated carbocycles. The molecule has 1 aromatic carbocycles. The molecule has 13 heteroatoms. The van der Waals surface area contributed by atoms with Gasteiger partial charge in [-0.25, -0.2) is 9.59 Å². The number of alkyl carbamates (subject to hydrolysis) is 1. The Balaban J connectivity index is 2.41. The summed E-state index contributed by atoms with van der Waals surface area (Å²) >= 11 is 0. The second kappa shape index (κ2) is 16.5. The highest BCUT2D eigenvalue weighted by molar-refractivity contribution is 5.70. The van der Waals surface area contributed by atoms with Gasteiger partial charge in [-0.3, -0.25) is 5.32 Å². The summed E-state index contributed by atoms with van der Waals surface area (Å²) < 4.78 is 26.0. The zero-order valence-electron chi connectivity index (χ0n) is 20.6. The predicted octanol–water partition coefficient (Wildman–Crippen LogP) is 2.40. The van der Waals surface area contributed by atoms with E-state index < -0.39 is 30.1 Å². The van der Waals surface area contributed by atoms with Crippen molar-refractivity contribution in [2.24, 2.45) is 5.11 Å². The Morgan fingerprint density at radius 3 is 2.69 bits per heavy atom. The number of esters is 1. The number of ether oxygens (including phenoxy) is 5. The molecule has 0 aliphatic rings. The van der Waals surface area contributed by atoms with Gasteiger partial charge < -0.3 is 34.1 Å². The van der Waals surface area contributed by atoms with Gasteiger partial charge in [0.2, 0.25) is 0 Å². The summed E-state index contributed by atoms with van der Waals surface area (Å²) in [6, 6.07) is 6.69. The summed E-state index contributed by atoms with van der Waals surface area (Å²) in [4.78, 5) is 25.6. The van der Waals surface area contributed by atoms with E-state index in [1.54, 1.807) is 52.0 Å². The van der Waals surface area contributed by atoms with Gasteiger partial charge in [0, 0.05) is 18.0 Å². The summed E-state index contributed by atoms with van der Waals surface area (Å²) in [5.74, 6) is -0.0474. The molecule has 13 nitrogen and oxygen atoms in total. The number of rotatable bonds is 16. The van der Waals surface area contributed by atoms with E-state index >= 15 is 0 Å². The molecule has 1 aromatic rings. The minimum atomic E-state index is -1.00. The lowest BCUT2D eigenvalue weighted by atomic mass is 10.2. The van der Waals surface area contributed by atoms with Crippen LogP contribution in [0.5, 0.6) is 5.75 Å². The van der Waals surface area contributed by atoms with Gasteiger partial charge >= 0.3 is 12.1 Å². The second-order valence-electron chi connectivity index (χ2n) is 8.06.